The van der Waals surface area contributed by atoms with Crippen LogP contribution in [0.1, 0.15) is 23.0 Å². The largest absolute Gasteiger partial charge is 0.481 e. The first kappa shape index (κ1) is 14.0. The second-order valence-electron chi connectivity index (χ2n) is 4.31. The fraction of sp³-hybridized carbons (Fsp3) is 0.417. The minimum absolute atomic E-state index is 0.256. The molecule has 0 aliphatic heterocycles. The molecule has 6 nitrogen and oxygen atoms in total. The lowest BCUT2D eigenvalue weighted by molar-refractivity contribution is -0.140. The summed E-state index contributed by atoms with van der Waals surface area (Å²) in [5.41, 5.74) is 6.30. The number of hydrogen-bond donors (Lipinski definition) is 2. The Morgan fingerprint density at radius 1 is 1.50 bits per heavy atom. The molecule has 1 rings (SSSR count). The van der Waals surface area contributed by atoms with E-state index >= 15 is 0 Å². The van der Waals surface area contributed by atoms with E-state index in [1.807, 2.05) is 0 Å². The standard InChI is InChI=1S/C12H17N3O3/c1-7(12(17)18)6-15(3)11-9(10(13)16)5-4-8(2)14-11/h4-5,7H,6H2,1-3H3,(H2,13,16)(H,17,18). The van der Waals surface area contributed by atoms with Crippen molar-refractivity contribution in [2.24, 2.45) is 11.7 Å². The molecule has 0 aliphatic rings. The molecular weight excluding hydrogens is 234 g/mol. The summed E-state index contributed by atoms with van der Waals surface area (Å²) >= 11 is 0. The summed E-state index contributed by atoms with van der Waals surface area (Å²) in [6.45, 7) is 3.65. The average molecular weight is 251 g/mol. The molecule has 0 aromatic carbocycles. The van der Waals surface area contributed by atoms with Gasteiger partial charge in [0.15, 0.2) is 0 Å². The van der Waals surface area contributed by atoms with Crippen LogP contribution < -0.4 is 10.6 Å². The number of nitrogens with two attached hydrogens (primary N) is 1. The minimum atomic E-state index is -0.893. The number of anilines is 1. The summed E-state index contributed by atoms with van der Waals surface area (Å²) in [7, 11) is 1.69. The number of amides is 1. The van der Waals surface area contributed by atoms with Gasteiger partial charge in [-0.3, -0.25) is 9.59 Å². The molecule has 1 amide bonds. The first-order valence-corrected chi connectivity index (χ1v) is 5.54. The lowest BCUT2D eigenvalue weighted by Gasteiger charge is -2.22. The monoisotopic (exact) mass is 251 g/mol. The molecule has 1 unspecified atom stereocenters. The van der Waals surface area contributed by atoms with E-state index < -0.39 is 17.8 Å². The van der Waals surface area contributed by atoms with Gasteiger partial charge < -0.3 is 15.7 Å². The van der Waals surface area contributed by atoms with E-state index in [2.05, 4.69) is 4.98 Å². The van der Waals surface area contributed by atoms with Crippen LogP contribution in [0.3, 0.4) is 0 Å². The molecule has 0 bridgehead atoms. The fourth-order valence-corrected chi connectivity index (χ4v) is 1.60. The van der Waals surface area contributed by atoms with Crippen molar-refractivity contribution in [2.45, 2.75) is 13.8 Å². The molecule has 0 fully saturated rings. The van der Waals surface area contributed by atoms with E-state index in [9.17, 15) is 9.59 Å². The van der Waals surface area contributed by atoms with E-state index in [1.54, 1.807) is 37.9 Å². The third-order valence-corrected chi connectivity index (χ3v) is 2.61. The van der Waals surface area contributed by atoms with Gasteiger partial charge >= 0.3 is 5.97 Å². The maximum Gasteiger partial charge on any atom is 0.308 e. The predicted octanol–water partition coefficient (Wildman–Crippen LogP) is 0.646. The number of carbonyl (C=O) groups is 2. The fourth-order valence-electron chi connectivity index (χ4n) is 1.60. The number of carboxylic acid groups (broad SMARTS) is 1. The molecule has 6 heteroatoms. The maximum atomic E-state index is 11.3. The SMILES string of the molecule is Cc1ccc(C(N)=O)c(N(C)CC(C)C(=O)O)n1. The van der Waals surface area contributed by atoms with Gasteiger partial charge in [0.2, 0.25) is 0 Å². The number of aromatic nitrogens is 1. The lowest BCUT2D eigenvalue weighted by Crippen LogP contribution is -2.31. The van der Waals surface area contributed by atoms with Crippen LogP contribution in [-0.2, 0) is 4.79 Å². The van der Waals surface area contributed by atoms with Gasteiger partial charge in [-0.05, 0) is 19.1 Å². The van der Waals surface area contributed by atoms with Gasteiger partial charge in [0.25, 0.3) is 5.91 Å². The molecule has 0 aliphatic carbocycles. The summed E-state index contributed by atoms with van der Waals surface area (Å²) in [6, 6.07) is 3.29. The Hall–Kier alpha value is -2.11. The molecule has 0 radical (unpaired) electrons. The average Bonchev–Trinajstić information content (AvgIpc) is 2.28. The predicted molar refractivity (Wildman–Crippen MR) is 67.6 cm³/mol. The van der Waals surface area contributed by atoms with Crippen molar-refractivity contribution >= 4 is 17.7 Å². The van der Waals surface area contributed by atoms with E-state index in [0.717, 1.165) is 5.69 Å². The topological polar surface area (TPSA) is 96.5 Å². The van der Waals surface area contributed by atoms with E-state index in [0.29, 0.717) is 11.4 Å². The minimum Gasteiger partial charge on any atom is -0.481 e. The molecular formula is C12H17N3O3. The molecule has 18 heavy (non-hydrogen) atoms. The highest BCUT2D eigenvalue weighted by Crippen LogP contribution is 2.18. The summed E-state index contributed by atoms with van der Waals surface area (Å²) in [5.74, 6) is -1.61. The molecule has 1 aromatic rings. The van der Waals surface area contributed by atoms with Gasteiger partial charge in [-0.2, -0.15) is 0 Å². The van der Waals surface area contributed by atoms with Gasteiger partial charge in [0.1, 0.15) is 5.82 Å². The van der Waals surface area contributed by atoms with Gasteiger partial charge in [-0.15, -0.1) is 0 Å². The summed E-state index contributed by atoms with van der Waals surface area (Å²) < 4.78 is 0. The van der Waals surface area contributed by atoms with Gasteiger partial charge in [-0.1, -0.05) is 6.92 Å². The van der Waals surface area contributed by atoms with Crippen molar-refractivity contribution in [3.05, 3.63) is 23.4 Å². The molecule has 0 spiro atoms. The number of primary amides is 1. The first-order valence-electron chi connectivity index (χ1n) is 5.54. The van der Waals surface area contributed by atoms with Crippen molar-refractivity contribution in [2.75, 3.05) is 18.5 Å². The Balaban J connectivity index is 3.03. The zero-order valence-corrected chi connectivity index (χ0v) is 10.7. The number of aryl methyl sites for hydroxylation is 1. The molecule has 1 atom stereocenters. The highest BCUT2D eigenvalue weighted by atomic mass is 16.4. The number of pyridine rings is 1. The normalized spacial score (nSPS) is 11.9. The molecule has 0 saturated carbocycles. The van der Waals surface area contributed by atoms with E-state index in [4.69, 9.17) is 10.8 Å². The van der Waals surface area contributed by atoms with E-state index in [-0.39, 0.29) is 6.54 Å². The second-order valence-corrected chi connectivity index (χ2v) is 4.31. The van der Waals surface area contributed by atoms with Crippen LogP contribution in [0, 0.1) is 12.8 Å². The molecule has 98 valence electrons. The Kier molecular flexibility index (Phi) is 4.25. The van der Waals surface area contributed by atoms with Gasteiger partial charge in [0, 0.05) is 19.3 Å². The van der Waals surface area contributed by atoms with Crippen LogP contribution in [0.15, 0.2) is 12.1 Å². The third-order valence-electron chi connectivity index (χ3n) is 2.61. The number of rotatable bonds is 5. The smallest absolute Gasteiger partial charge is 0.308 e. The van der Waals surface area contributed by atoms with Crippen LogP contribution in [0.25, 0.3) is 0 Å². The number of carbonyl (C=O) groups excluding carboxylic acids is 1. The quantitative estimate of drug-likeness (QED) is 0.800. The van der Waals surface area contributed by atoms with E-state index in [1.165, 1.54) is 0 Å². The van der Waals surface area contributed by atoms with Gasteiger partial charge in [-0.25, -0.2) is 4.98 Å². The van der Waals surface area contributed by atoms with Crippen LogP contribution in [0.5, 0.6) is 0 Å². The number of hydrogen-bond acceptors (Lipinski definition) is 4. The molecule has 0 saturated heterocycles. The highest BCUT2D eigenvalue weighted by Gasteiger charge is 2.18. The summed E-state index contributed by atoms with van der Waals surface area (Å²) in [6.07, 6.45) is 0. The van der Waals surface area contributed by atoms with Gasteiger partial charge in [0.05, 0.1) is 11.5 Å². The molecule has 1 aromatic heterocycles. The van der Waals surface area contributed by atoms with Crippen LogP contribution >= 0.6 is 0 Å². The lowest BCUT2D eigenvalue weighted by atomic mass is 10.1. The Morgan fingerprint density at radius 2 is 2.11 bits per heavy atom. The van der Waals surface area contributed by atoms with Crippen molar-refractivity contribution < 1.29 is 14.7 Å². The van der Waals surface area contributed by atoms with Crippen molar-refractivity contribution in [1.82, 2.24) is 4.98 Å². The molecule has 3 N–H and O–H groups in total. The Bertz CT molecular complexity index is 474. The second kappa shape index (κ2) is 5.48. The van der Waals surface area contributed by atoms with Crippen molar-refractivity contribution in [3.8, 4) is 0 Å². The van der Waals surface area contributed by atoms with Crippen LogP contribution in [0.4, 0.5) is 5.82 Å². The summed E-state index contributed by atoms with van der Waals surface area (Å²) in [4.78, 5) is 28.0. The zero-order chi connectivity index (χ0) is 13.9. The number of nitrogens with zero attached hydrogens (tertiary/aromatic N) is 2. The van der Waals surface area contributed by atoms with Crippen LogP contribution in [-0.4, -0.2) is 35.6 Å². The highest BCUT2D eigenvalue weighted by molar-refractivity contribution is 5.97. The molecule has 1 heterocycles. The maximum absolute atomic E-state index is 11.3. The number of carboxylic acids is 1. The summed E-state index contributed by atoms with van der Waals surface area (Å²) in [5, 5.41) is 8.87. The van der Waals surface area contributed by atoms with Crippen LogP contribution in [0.2, 0.25) is 0 Å². The number of aliphatic carboxylic acids is 1. The first-order chi connectivity index (χ1) is 8.32. The van der Waals surface area contributed by atoms with Crippen molar-refractivity contribution in [1.29, 1.82) is 0 Å². The van der Waals surface area contributed by atoms with Crippen molar-refractivity contribution in [3.63, 3.8) is 0 Å². The zero-order valence-electron chi connectivity index (χ0n) is 10.7. The Morgan fingerprint density at radius 3 is 2.61 bits per heavy atom. The third kappa shape index (κ3) is 3.19. The Labute approximate surface area is 105 Å².